The first-order valence-electron chi connectivity index (χ1n) is 10.3. The minimum atomic E-state index is -0.307. The summed E-state index contributed by atoms with van der Waals surface area (Å²) in [6.45, 7) is 0.668. The molecule has 1 aliphatic heterocycles. The molecule has 160 valence electrons. The van der Waals surface area contributed by atoms with Crippen LogP contribution >= 0.6 is 11.6 Å². The molecule has 2 heterocycles. The quantitative estimate of drug-likeness (QED) is 0.568. The highest BCUT2D eigenvalue weighted by Gasteiger charge is 2.33. The molecule has 0 N–H and O–H groups in total. The van der Waals surface area contributed by atoms with E-state index in [0.717, 1.165) is 35.2 Å². The summed E-state index contributed by atoms with van der Waals surface area (Å²) in [5.74, 6) is 0.299. The summed E-state index contributed by atoms with van der Waals surface area (Å²) in [5.41, 5.74) is 3.42. The average Bonchev–Trinajstić information content (AvgIpc) is 3.25. The summed E-state index contributed by atoms with van der Waals surface area (Å²) >= 11 is 6.23. The van der Waals surface area contributed by atoms with Gasteiger partial charge in [-0.2, -0.15) is 0 Å². The number of carbonyl (C=O) groups is 1. The molecule has 7 heteroatoms. The fourth-order valence-electron chi connectivity index (χ4n) is 3.96. The van der Waals surface area contributed by atoms with Gasteiger partial charge in [-0.1, -0.05) is 35.9 Å². The number of hydrogen-bond acceptors (Lipinski definition) is 4. The van der Waals surface area contributed by atoms with Gasteiger partial charge < -0.3 is 9.80 Å². The second-order valence-corrected chi connectivity index (χ2v) is 8.36. The van der Waals surface area contributed by atoms with Crippen molar-refractivity contribution in [1.29, 1.82) is 0 Å². The number of hydrogen-bond donors (Lipinski definition) is 0. The first kappa shape index (κ1) is 21.2. The molecule has 0 unspecified atom stereocenters. The lowest BCUT2D eigenvalue weighted by Gasteiger charge is -2.27. The van der Waals surface area contributed by atoms with E-state index >= 15 is 0 Å². The van der Waals surface area contributed by atoms with E-state index in [1.54, 1.807) is 12.1 Å². The van der Waals surface area contributed by atoms with Gasteiger partial charge in [0.05, 0.1) is 18.2 Å². The minimum absolute atomic E-state index is 0.0103. The number of amides is 1. The third-order valence-corrected chi connectivity index (χ3v) is 5.73. The van der Waals surface area contributed by atoms with Crippen LogP contribution in [0.15, 0.2) is 54.7 Å². The van der Waals surface area contributed by atoms with Crippen LogP contribution in [0.5, 0.6) is 0 Å². The van der Waals surface area contributed by atoms with Gasteiger partial charge in [-0.05, 0) is 48.2 Å². The van der Waals surface area contributed by atoms with Gasteiger partial charge in [0.2, 0.25) is 11.9 Å². The number of aromatic nitrogens is 2. The van der Waals surface area contributed by atoms with Crippen molar-refractivity contribution >= 4 is 23.5 Å². The van der Waals surface area contributed by atoms with Crippen molar-refractivity contribution in [3.63, 3.8) is 0 Å². The average molecular weight is 439 g/mol. The van der Waals surface area contributed by atoms with Gasteiger partial charge in [0.15, 0.2) is 0 Å². The SMILES string of the molecule is CN(C)c1ncc(-c2cccc(Cl)c2)c([C@H]2CCCN2C(=O)Cc2ccc(F)cc2)n1. The van der Waals surface area contributed by atoms with Crippen LogP contribution in [0.1, 0.15) is 30.1 Å². The molecule has 5 nitrogen and oxygen atoms in total. The lowest BCUT2D eigenvalue weighted by atomic mass is 9.99. The summed E-state index contributed by atoms with van der Waals surface area (Å²) in [4.78, 5) is 26.2. The lowest BCUT2D eigenvalue weighted by molar-refractivity contribution is -0.131. The molecule has 0 spiro atoms. The maximum absolute atomic E-state index is 13.2. The Balaban J connectivity index is 1.69. The number of carbonyl (C=O) groups excluding carboxylic acids is 1. The Kier molecular flexibility index (Phi) is 6.18. The fourth-order valence-corrected chi connectivity index (χ4v) is 4.15. The molecule has 0 saturated carbocycles. The number of anilines is 1. The van der Waals surface area contributed by atoms with Crippen molar-refractivity contribution < 1.29 is 9.18 Å². The molecule has 2 aromatic carbocycles. The summed E-state index contributed by atoms with van der Waals surface area (Å²) in [5, 5.41) is 0.635. The molecule has 4 rings (SSSR count). The van der Waals surface area contributed by atoms with Crippen molar-refractivity contribution in [2.24, 2.45) is 0 Å². The predicted octanol–water partition coefficient (Wildman–Crippen LogP) is 4.91. The monoisotopic (exact) mass is 438 g/mol. The molecule has 1 saturated heterocycles. The largest absolute Gasteiger partial charge is 0.347 e. The molecule has 0 aliphatic carbocycles. The van der Waals surface area contributed by atoms with Crippen LogP contribution in [0.2, 0.25) is 5.02 Å². The standard InChI is InChI=1S/C24H24ClFN4O/c1-29(2)24-27-15-20(17-5-3-6-18(25)14-17)23(28-24)21-7-4-12-30(21)22(31)13-16-8-10-19(26)11-9-16/h3,5-6,8-11,14-15,21H,4,7,12-13H2,1-2H3/t21-/m1/s1. The van der Waals surface area contributed by atoms with E-state index in [1.165, 1.54) is 12.1 Å². The van der Waals surface area contributed by atoms with Crippen molar-refractivity contribution in [1.82, 2.24) is 14.9 Å². The van der Waals surface area contributed by atoms with Gasteiger partial charge in [-0.25, -0.2) is 14.4 Å². The van der Waals surface area contributed by atoms with Gasteiger partial charge in [0.1, 0.15) is 5.82 Å². The molecule has 1 amide bonds. The molecule has 3 aromatic rings. The number of likely N-dealkylation sites (tertiary alicyclic amines) is 1. The predicted molar refractivity (Wildman–Crippen MR) is 121 cm³/mol. The van der Waals surface area contributed by atoms with Crippen LogP contribution < -0.4 is 4.90 Å². The maximum atomic E-state index is 13.2. The molecule has 0 radical (unpaired) electrons. The second-order valence-electron chi connectivity index (χ2n) is 7.92. The third-order valence-electron chi connectivity index (χ3n) is 5.50. The molecule has 1 aliphatic rings. The van der Waals surface area contributed by atoms with Gasteiger partial charge in [0.25, 0.3) is 0 Å². The topological polar surface area (TPSA) is 49.3 Å². The normalized spacial score (nSPS) is 15.9. The smallest absolute Gasteiger partial charge is 0.227 e. The first-order chi connectivity index (χ1) is 14.9. The Hall–Kier alpha value is -2.99. The first-order valence-corrected chi connectivity index (χ1v) is 10.6. The summed E-state index contributed by atoms with van der Waals surface area (Å²) in [6, 6.07) is 13.5. The summed E-state index contributed by atoms with van der Waals surface area (Å²) in [6.07, 6.45) is 3.77. The van der Waals surface area contributed by atoms with Gasteiger partial charge in [0, 0.05) is 37.4 Å². The van der Waals surface area contributed by atoms with Crippen molar-refractivity contribution in [3.05, 3.63) is 76.8 Å². The van der Waals surface area contributed by atoms with Gasteiger partial charge in [-0.3, -0.25) is 4.79 Å². The minimum Gasteiger partial charge on any atom is -0.347 e. The van der Waals surface area contributed by atoms with E-state index in [9.17, 15) is 9.18 Å². The number of nitrogens with zero attached hydrogens (tertiary/aromatic N) is 4. The van der Waals surface area contributed by atoms with Crippen molar-refractivity contribution in [3.8, 4) is 11.1 Å². The van der Waals surface area contributed by atoms with Crippen LogP contribution in [0.4, 0.5) is 10.3 Å². The zero-order valence-corrected chi connectivity index (χ0v) is 18.3. The van der Waals surface area contributed by atoms with Crippen LogP contribution in [0, 0.1) is 5.82 Å². The Labute approximate surface area is 186 Å². The summed E-state index contributed by atoms with van der Waals surface area (Å²) < 4.78 is 13.2. The number of rotatable bonds is 5. The van der Waals surface area contributed by atoms with E-state index in [-0.39, 0.29) is 24.2 Å². The third kappa shape index (κ3) is 4.69. The van der Waals surface area contributed by atoms with Crippen LogP contribution in [-0.2, 0) is 11.2 Å². The van der Waals surface area contributed by atoms with Crippen LogP contribution in [0.25, 0.3) is 11.1 Å². The van der Waals surface area contributed by atoms with E-state index in [2.05, 4.69) is 4.98 Å². The molecular formula is C24H24ClFN4O. The lowest BCUT2D eigenvalue weighted by Crippen LogP contribution is -2.32. The Morgan fingerprint density at radius 1 is 1.23 bits per heavy atom. The van der Waals surface area contributed by atoms with Crippen molar-refractivity contribution in [2.45, 2.75) is 25.3 Å². The van der Waals surface area contributed by atoms with Crippen LogP contribution in [-0.4, -0.2) is 41.4 Å². The Bertz CT molecular complexity index is 1090. The summed E-state index contributed by atoms with van der Waals surface area (Å²) in [7, 11) is 3.79. The van der Waals surface area contributed by atoms with Gasteiger partial charge >= 0.3 is 0 Å². The molecule has 31 heavy (non-hydrogen) atoms. The highest BCUT2D eigenvalue weighted by Crippen LogP contribution is 2.38. The van der Waals surface area contributed by atoms with Crippen molar-refractivity contribution in [2.75, 3.05) is 25.5 Å². The second kappa shape index (κ2) is 9.02. The van der Waals surface area contributed by atoms with Gasteiger partial charge in [-0.15, -0.1) is 0 Å². The Morgan fingerprint density at radius 2 is 2.00 bits per heavy atom. The molecule has 0 bridgehead atoms. The van der Waals surface area contributed by atoms with E-state index < -0.39 is 0 Å². The molecular weight excluding hydrogens is 415 g/mol. The molecule has 1 aromatic heterocycles. The zero-order chi connectivity index (χ0) is 22.0. The van der Waals surface area contributed by atoms with E-state index in [0.29, 0.717) is 17.5 Å². The molecule has 1 fully saturated rings. The Morgan fingerprint density at radius 3 is 2.71 bits per heavy atom. The fraction of sp³-hybridized carbons (Fsp3) is 0.292. The van der Waals surface area contributed by atoms with E-state index in [1.807, 2.05) is 54.4 Å². The highest BCUT2D eigenvalue weighted by molar-refractivity contribution is 6.30. The maximum Gasteiger partial charge on any atom is 0.227 e. The van der Waals surface area contributed by atoms with E-state index in [4.69, 9.17) is 16.6 Å². The highest BCUT2D eigenvalue weighted by atomic mass is 35.5. The molecule has 1 atom stereocenters. The number of benzene rings is 2. The number of halogens is 2. The van der Waals surface area contributed by atoms with Crippen LogP contribution in [0.3, 0.4) is 0 Å². The zero-order valence-electron chi connectivity index (χ0n) is 17.6.